The van der Waals surface area contributed by atoms with E-state index < -0.39 is 0 Å². The van der Waals surface area contributed by atoms with Gasteiger partial charge in [0.15, 0.2) is 0 Å². The van der Waals surface area contributed by atoms with Crippen LogP contribution in [0.15, 0.2) is 164 Å². The summed E-state index contributed by atoms with van der Waals surface area (Å²) in [5.74, 6) is 2.40. The molecule has 0 aliphatic heterocycles. The van der Waals surface area contributed by atoms with Gasteiger partial charge in [-0.15, -0.1) is 0 Å². The van der Waals surface area contributed by atoms with Crippen molar-refractivity contribution < 1.29 is 28.7 Å². The van der Waals surface area contributed by atoms with E-state index in [0.29, 0.717) is 39.1 Å². The molecule has 0 spiro atoms. The van der Waals surface area contributed by atoms with Crippen LogP contribution < -0.4 is 29.4 Å². The van der Waals surface area contributed by atoms with Crippen LogP contribution in [0.25, 0.3) is 0 Å². The molecule has 0 N–H and O–H groups in total. The van der Waals surface area contributed by atoms with E-state index in [1.807, 2.05) is 0 Å². The summed E-state index contributed by atoms with van der Waals surface area (Å²) in [5.41, 5.74) is 11.9. The first-order valence-corrected chi connectivity index (χ1v) is 29.0. The average Bonchev–Trinajstić information content (AvgIpc) is 3.50. The zero-order chi connectivity index (χ0) is 54.6. The third-order valence-corrected chi connectivity index (χ3v) is 14.4. The molecule has 0 bridgehead atoms. The number of benzene rings is 7. The van der Waals surface area contributed by atoms with Crippen molar-refractivity contribution in [3.63, 3.8) is 0 Å². The fourth-order valence-corrected chi connectivity index (χ4v) is 10.2. The van der Waals surface area contributed by atoms with Gasteiger partial charge in [-0.05, 0) is 123 Å². The van der Waals surface area contributed by atoms with E-state index in [2.05, 4.69) is 200 Å². The second kappa shape index (κ2) is 32.8. The van der Waals surface area contributed by atoms with Crippen molar-refractivity contribution in [1.82, 2.24) is 0 Å². The third kappa shape index (κ3) is 16.6. The lowest BCUT2D eigenvalue weighted by Crippen LogP contribution is -2.29. The Morgan fingerprint density at radius 1 is 0.282 bits per heavy atom. The lowest BCUT2D eigenvalue weighted by atomic mass is 10.00. The number of hydrogen-bond donors (Lipinski definition) is 0. The minimum Gasteiger partial charge on any atom is -0.496 e. The molecule has 0 fully saturated rings. The van der Waals surface area contributed by atoms with E-state index in [1.54, 1.807) is 21.3 Å². The second-order valence-corrected chi connectivity index (χ2v) is 20.0. The van der Waals surface area contributed by atoms with Crippen LogP contribution in [0.2, 0.25) is 0 Å². The molecule has 7 aromatic rings. The number of aryl methyl sites for hydroxylation is 3. The summed E-state index contributed by atoms with van der Waals surface area (Å²) in [6.45, 7) is 8.21. The van der Waals surface area contributed by atoms with Gasteiger partial charge in [0.05, 0.1) is 69.6 Å². The Kier molecular flexibility index (Phi) is 24.8. The van der Waals surface area contributed by atoms with Crippen LogP contribution in [-0.4, -0.2) is 41.2 Å². The maximum absolute atomic E-state index is 7.45. The fraction of sp³-hybridized carbons (Fsp3) is 0.391. The Bertz CT molecular complexity index is 2660. The topological polar surface area (TPSA) is 65.1 Å². The van der Waals surface area contributed by atoms with Gasteiger partial charge < -0.3 is 14.2 Å². The van der Waals surface area contributed by atoms with Crippen molar-refractivity contribution in [2.75, 3.05) is 56.3 Å². The number of unbranched alkanes of at least 4 members (excludes halogenated alkanes) is 9. The number of anilines is 6. The van der Waals surface area contributed by atoms with Gasteiger partial charge in [0.25, 0.3) is 0 Å². The molecule has 7 aromatic carbocycles. The summed E-state index contributed by atoms with van der Waals surface area (Å²) < 4.78 is 18.8. The number of rotatable bonds is 36. The van der Waals surface area contributed by atoms with E-state index in [1.165, 1.54) is 16.7 Å². The highest BCUT2D eigenvalue weighted by molar-refractivity contribution is 5.92. The van der Waals surface area contributed by atoms with Crippen LogP contribution in [-0.2, 0) is 53.0 Å². The van der Waals surface area contributed by atoms with Crippen LogP contribution in [0.1, 0.15) is 131 Å². The number of nitrogens with zero attached hydrogens (tertiary/aromatic N) is 3. The van der Waals surface area contributed by atoms with E-state index in [-0.39, 0.29) is 0 Å². The molecular formula is C69H87N3O6. The highest BCUT2D eigenvalue weighted by Gasteiger charge is 2.32. The minimum atomic E-state index is 0.474. The van der Waals surface area contributed by atoms with Crippen molar-refractivity contribution in [3.05, 3.63) is 197 Å². The molecule has 9 nitrogen and oxygen atoms in total. The van der Waals surface area contributed by atoms with Crippen molar-refractivity contribution >= 4 is 34.1 Å². The average molecular weight is 1050 g/mol. The highest BCUT2D eigenvalue weighted by atomic mass is 16.7. The van der Waals surface area contributed by atoms with Gasteiger partial charge in [-0.1, -0.05) is 194 Å². The molecule has 0 saturated heterocycles. The van der Waals surface area contributed by atoms with Crippen molar-refractivity contribution in [1.29, 1.82) is 0 Å². The monoisotopic (exact) mass is 1050 g/mol. The van der Waals surface area contributed by atoms with Crippen LogP contribution in [0.5, 0.6) is 17.2 Å². The molecule has 0 saturated carbocycles. The molecule has 414 valence electrons. The standard InChI is InChI=1S/C69H87N3O6/c1-7-10-13-25-52-76-70(61-38-29-43-66(73-4)58(61)49-46-55-32-19-16-20-33-55)64-41-28-42-65(71(77-53-26-14-11-8-2)62-39-30-44-67(74-5)59(62)50-47-56-34-21-17-22-35-56)69(64)72(78-54-27-15-12-9-3)63-40-31-45-68(75-6)60(63)51-48-57-36-23-18-24-37-57/h16-24,28-45H,7-15,25-27,46-54H2,1-6H3. The summed E-state index contributed by atoms with van der Waals surface area (Å²) >= 11 is 0. The lowest BCUT2D eigenvalue weighted by Gasteiger charge is -2.37. The summed E-state index contributed by atoms with van der Waals surface area (Å²) in [5, 5.41) is 6.20. The smallest absolute Gasteiger partial charge is 0.124 e. The molecule has 0 aliphatic rings. The highest BCUT2D eigenvalue weighted by Crippen LogP contribution is 2.50. The molecular weight excluding hydrogens is 967 g/mol. The van der Waals surface area contributed by atoms with Crippen molar-refractivity contribution in [2.24, 2.45) is 0 Å². The molecule has 0 amide bonds. The fourth-order valence-electron chi connectivity index (χ4n) is 10.2. The maximum Gasteiger partial charge on any atom is 0.124 e. The largest absolute Gasteiger partial charge is 0.496 e. The van der Waals surface area contributed by atoms with E-state index in [4.69, 9.17) is 28.7 Å². The molecule has 7 rings (SSSR count). The van der Waals surface area contributed by atoms with Crippen LogP contribution >= 0.6 is 0 Å². The van der Waals surface area contributed by atoms with Crippen LogP contribution in [0, 0.1) is 0 Å². The van der Waals surface area contributed by atoms with E-state index >= 15 is 0 Å². The van der Waals surface area contributed by atoms with Gasteiger partial charge >= 0.3 is 0 Å². The predicted molar refractivity (Wildman–Crippen MR) is 324 cm³/mol. The van der Waals surface area contributed by atoms with Gasteiger partial charge in [-0.3, -0.25) is 14.5 Å². The third-order valence-electron chi connectivity index (χ3n) is 14.4. The van der Waals surface area contributed by atoms with Gasteiger partial charge in [0.2, 0.25) is 0 Å². The minimum absolute atomic E-state index is 0.474. The quantitative estimate of drug-likeness (QED) is 0.0282. The summed E-state index contributed by atoms with van der Waals surface area (Å²) in [6, 6.07) is 57.5. The second-order valence-electron chi connectivity index (χ2n) is 20.0. The number of hydrogen-bond acceptors (Lipinski definition) is 9. The SMILES string of the molecule is CCCCCCON(c1cccc(OC)c1CCc1ccccc1)c1cccc(N(OCCCCCC)c2cccc(OC)c2CCc2ccccc2)c1N(OCCCCCC)c1cccc(OC)c1CCc1ccccc1. The number of para-hydroxylation sites is 1. The molecule has 78 heavy (non-hydrogen) atoms. The first-order valence-electron chi connectivity index (χ1n) is 29.0. The van der Waals surface area contributed by atoms with Crippen LogP contribution in [0.3, 0.4) is 0 Å². The van der Waals surface area contributed by atoms with Crippen molar-refractivity contribution in [3.8, 4) is 17.2 Å². The first-order chi connectivity index (χ1) is 38.5. The molecule has 0 aromatic heterocycles. The molecule has 0 radical (unpaired) electrons. The van der Waals surface area contributed by atoms with Crippen molar-refractivity contribution in [2.45, 2.75) is 136 Å². The molecule has 0 heterocycles. The summed E-state index contributed by atoms with van der Waals surface area (Å²) in [4.78, 5) is 22.1. The Morgan fingerprint density at radius 2 is 0.577 bits per heavy atom. The first kappa shape index (κ1) is 58.9. The molecule has 0 unspecified atom stereocenters. The zero-order valence-electron chi connectivity index (χ0n) is 47.7. The normalized spacial score (nSPS) is 11.2. The lowest BCUT2D eigenvalue weighted by molar-refractivity contribution is 0.118. The zero-order valence-corrected chi connectivity index (χ0v) is 47.7. The van der Waals surface area contributed by atoms with Gasteiger partial charge in [-0.25, -0.2) is 15.2 Å². The van der Waals surface area contributed by atoms with Gasteiger partial charge in [0.1, 0.15) is 22.9 Å². The van der Waals surface area contributed by atoms with Gasteiger partial charge in [0, 0.05) is 16.7 Å². The maximum atomic E-state index is 7.45. The van der Waals surface area contributed by atoms with Gasteiger partial charge in [-0.2, -0.15) is 0 Å². The predicted octanol–water partition coefficient (Wildman–Crippen LogP) is 18.0. The van der Waals surface area contributed by atoms with Crippen LogP contribution in [0.4, 0.5) is 34.1 Å². The Hall–Kier alpha value is -6.78. The Balaban J connectivity index is 1.54. The molecule has 9 heteroatoms. The number of methoxy groups -OCH3 is 3. The van der Waals surface area contributed by atoms with E-state index in [0.717, 1.165) is 164 Å². The molecule has 0 atom stereocenters. The van der Waals surface area contributed by atoms with E-state index in [9.17, 15) is 0 Å². The Labute approximate surface area is 467 Å². The molecule has 0 aliphatic carbocycles. The summed E-state index contributed by atoms with van der Waals surface area (Å²) in [6.07, 6.45) is 17.1. The Morgan fingerprint density at radius 3 is 0.897 bits per heavy atom. The summed E-state index contributed by atoms with van der Waals surface area (Å²) in [7, 11) is 5.29. The number of ether oxygens (including phenoxy) is 3.